The van der Waals surface area contributed by atoms with E-state index in [2.05, 4.69) is 36.9 Å². The number of likely N-dealkylation sites (tertiary alicyclic amines) is 1. The average molecular weight is 430 g/mol. The Balaban J connectivity index is 1.56. The summed E-state index contributed by atoms with van der Waals surface area (Å²) in [5, 5.41) is 15.3. The summed E-state index contributed by atoms with van der Waals surface area (Å²) in [5.41, 5.74) is 3.69. The second-order valence-electron chi connectivity index (χ2n) is 9.13. The van der Waals surface area contributed by atoms with Crippen LogP contribution in [-0.2, 0) is 28.3 Å². The van der Waals surface area contributed by atoms with E-state index in [4.69, 9.17) is 5.14 Å². The van der Waals surface area contributed by atoms with E-state index >= 15 is 0 Å². The highest BCUT2D eigenvalue weighted by molar-refractivity contribution is 7.89. The van der Waals surface area contributed by atoms with Crippen molar-refractivity contribution < 1.29 is 13.5 Å². The minimum absolute atomic E-state index is 0.0181. The number of fused-ring (bicyclic) bond motifs is 4. The molecule has 30 heavy (non-hydrogen) atoms. The van der Waals surface area contributed by atoms with Gasteiger partial charge in [0.2, 0.25) is 10.0 Å². The Morgan fingerprint density at radius 3 is 2.60 bits per heavy atom. The van der Waals surface area contributed by atoms with E-state index in [1.807, 2.05) is 18.2 Å². The van der Waals surface area contributed by atoms with Gasteiger partial charge in [-0.3, -0.25) is 0 Å². The third kappa shape index (κ3) is 3.75. The molecule has 3 atom stereocenters. The first-order chi connectivity index (χ1) is 14.1. The number of piperidine rings is 1. The van der Waals surface area contributed by atoms with Gasteiger partial charge in [0.05, 0.1) is 4.90 Å². The van der Waals surface area contributed by atoms with Crippen LogP contribution >= 0.6 is 0 Å². The van der Waals surface area contributed by atoms with Crippen molar-refractivity contribution in [1.29, 1.82) is 0 Å². The van der Waals surface area contributed by atoms with Gasteiger partial charge in [-0.25, -0.2) is 13.6 Å². The molecule has 1 aliphatic heterocycles. The number of aromatic hydroxyl groups is 1. The van der Waals surface area contributed by atoms with E-state index in [9.17, 15) is 13.5 Å². The summed E-state index contributed by atoms with van der Waals surface area (Å²) in [6, 6.07) is 13.5. The van der Waals surface area contributed by atoms with E-state index in [1.165, 1.54) is 11.1 Å². The molecule has 0 spiro atoms. The van der Waals surface area contributed by atoms with Gasteiger partial charge < -0.3 is 14.9 Å². The summed E-state index contributed by atoms with van der Waals surface area (Å²) in [6.07, 6.45) is 2.87. The van der Waals surface area contributed by atoms with Gasteiger partial charge >= 0.3 is 0 Å². The van der Waals surface area contributed by atoms with Crippen LogP contribution in [0.2, 0.25) is 0 Å². The lowest BCUT2D eigenvalue weighted by Gasteiger charge is -2.57. The first kappa shape index (κ1) is 21.3. The molecule has 1 aliphatic carbocycles. The molecule has 2 aromatic rings. The normalized spacial score (nSPS) is 26.6. The predicted octanol–water partition coefficient (Wildman–Crippen LogP) is 2.10. The van der Waals surface area contributed by atoms with Crippen molar-refractivity contribution in [3.63, 3.8) is 0 Å². The molecule has 2 aromatic carbocycles. The number of phenolic OH excluding ortho intramolecular Hbond substituents is 1. The Kier molecular flexibility index (Phi) is 5.43. The van der Waals surface area contributed by atoms with Crippen molar-refractivity contribution in [2.24, 2.45) is 5.14 Å². The molecule has 3 N–H and O–H groups in total. The number of rotatable bonds is 5. The molecule has 2 bridgehead atoms. The van der Waals surface area contributed by atoms with Crippen molar-refractivity contribution in [3.05, 3.63) is 59.2 Å². The zero-order valence-electron chi connectivity index (χ0n) is 17.9. The highest BCUT2D eigenvalue weighted by Crippen LogP contribution is 2.47. The molecule has 1 saturated heterocycles. The van der Waals surface area contributed by atoms with E-state index in [0.717, 1.165) is 37.9 Å². The van der Waals surface area contributed by atoms with Crippen LogP contribution in [-0.4, -0.2) is 62.6 Å². The van der Waals surface area contributed by atoms with Crippen LogP contribution in [0.3, 0.4) is 0 Å². The molecule has 0 saturated carbocycles. The van der Waals surface area contributed by atoms with Crippen LogP contribution < -0.4 is 5.14 Å². The van der Waals surface area contributed by atoms with Gasteiger partial charge in [-0.1, -0.05) is 25.1 Å². The maximum Gasteiger partial charge on any atom is 0.238 e. The Labute approximate surface area is 179 Å². The molecule has 4 rings (SSSR count). The van der Waals surface area contributed by atoms with Gasteiger partial charge in [-0.05, 0) is 80.9 Å². The Morgan fingerprint density at radius 2 is 1.93 bits per heavy atom. The zero-order chi connectivity index (χ0) is 21.7. The van der Waals surface area contributed by atoms with E-state index in [0.29, 0.717) is 17.8 Å². The third-order valence-electron chi connectivity index (χ3n) is 7.18. The number of sulfonamides is 1. The van der Waals surface area contributed by atoms with Gasteiger partial charge in [0, 0.05) is 24.0 Å². The fraction of sp³-hybridized carbons (Fsp3) is 0.478. The van der Waals surface area contributed by atoms with Gasteiger partial charge in [-0.15, -0.1) is 0 Å². The van der Waals surface area contributed by atoms with E-state index in [1.54, 1.807) is 18.2 Å². The monoisotopic (exact) mass is 429 g/mol. The van der Waals surface area contributed by atoms with Crippen molar-refractivity contribution in [2.45, 2.75) is 48.6 Å². The highest BCUT2D eigenvalue weighted by atomic mass is 32.2. The van der Waals surface area contributed by atoms with Gasteiger partial charge in [-0.2, -0.15) is 0 Å². The highest BCUT2D eigenvalue weighted by Gasteiger charge is 2.51. The van der Waals surface area contributed by atoms with E-state index in [-0.39, 0.29) is 10.3 Å². The largest absolute Gasteiger partial charge is 0.508 e. The first-order valence-electron chi connectivity index (χ1n) is 10.4. The molecule has 0 unspecified atom stereocenters. The molecule has 162 valence electrons. The SMILES string of the molecule is CN1CC[C@]2(C)c3cc(O)ccc3C[C@H]1[C@H]2N(C)CCc1ccc(S(N)(=O)=O)cc1. The topological polar surface area (TPSA) is 86.9 Å². The average Bonchev–Trinajstić information content (AvgIpc) is 2.69. The summed E-state index contributed by atoms with van der Waals surface area (Å²) >= 11 is 0. The molecular formula is C23H31N3O3S. The first-order valence-corrected chi connectivity index (χ1v) is 12.0. The molecule has 0 amide bonds. The molecule has 1 heterocycles. The Hall–Kier alpha value is -1.93. The molecule has 1 fully saturated rings. The Bertz CT molecular complexity index is 1040. The number of hydrogen-bond donors (Lipinski definition) is 2. The van der Waals surface area contributed by atoms with Crippen molar-refractivity contribution >= 4 is 10.0 Å². The smallest absolute Gasteiger partial charge is 0.238 e. The number of likely N-dealkylation sites (N-methyl/N-ethyl adjacent to an activating group) is 2. The lowest BCUT2D eigenvalue weighted by Crippen LogP contribution is -2.66. The second kappa shape index (κ2) is 7.64. The molecule has 7 heteroatoms. The lowest BCUT2D eigenvalue weighted by molar-refractivity contribution is 0.00308. The summed E-state index contributed by atoms with van der Waals surface area (Å²) in [5.74, 6) is 0.337. The van der Waals surface area contributed by atoms with Crippen LogP contribution in [0, 0.1) is 0 Å². The summed E-state index contributed by atoms with van der Waals surface area (Å²) in [4.78, 5) is 5.06. The number of phenols is 1. The third-order valence-corrected chi connectivity index (χ3v) is 8.11. The number of nitrogens with zero attached hydrogens (tertiary/aromatic N) is 2. The van der Waals surface area contributed by atoms with Crippen molar-refractivity contribution in [1.82, 2.24) is 9.80 Å². The molecular weight excluding hydrogens is 398 g/mol. The standard InChI is InChI=1S/C23H31N3O3S/c1-23-11-13-25(2)21(14-17-6-7-18(27)15-20(17)23)22(23)26(3)12-10-16-4-8-19(9-5-16)30(24,28)29/h4-9,15,21-22,27H,10-14H2,1-3H3,(H2,24,28,29)/t21-,22+,23+/m0/s1. The summed E-state index contributed by atoms with van der Waals surface area (Å²) in [7, 11) is 0.732. The van der Waals surface area contributed by atoms with E-state index < -0.39 is 10.0 Å². The van der Waals surface area contributed by atoms with Crippen molar-refractivity contribution in [2.75, 3.05) is 27.2 Å². The fourth-order valence-corrected chi connectivity index (χ4v) is 6.03. The summed E-state index contributed by atoms with van der Waals surface area (Å²) < 4.78 is 22.9. The molecule has 0 radical (unpaired) electrons. The van der Waals surface area contributed by atoms with Crippen molar-refractivity contribution in [3.8, 4) is 5.75 Å². The zero-order valence-corrected chi connectivity index (χ0v) is 18.7. The lowest BCUT2D eigenvalue weighted by atomic mass is 9.61. The number of nitrogens with two attached hydrogens (primary N) is 1. The van der Waals surface area contributed by atoms with Crippen LogP contribution in [0.15, 0.2) is 47.4 Å². The van der Waals surface area contributed by atoms with Crippen LogP contribution in [0.4, 0.5) is 0 Å². The molecule has 2 aliphatic rings. The number of benzene rings is 2. The van der Waals surface area contributed by atoms with Gasteiger partial charge in [0.15, 0.2) is 0 Å². The molecule has 6 nitrogen and oxygen atoms in total. The van der Waals surface area contributed by atoms with Gasteiger partial charge in [0.25, 0.3) is 0 Å². The summed E-state index contributed by atoms with van der Waals surface area (Å²) in [6.45, 7) is 4.26. The minimum Gasteiger partial charge on any atom is -0.508 e. The van der Waals surface area contributed by atoms with Crippen LogP contribution in [0.5, 0.6) is 5.75 Å². The fourth-order valence-electron chi connectivity index (χ4n) is 5.52. The van der Waals surface area contributed by atoms with Gasteiger partial charge in [0.1, 0.15) is 5.75 Å². The number of primary sulfonamides is 1. The second-order valence-corrected chi connectivity index (χ2v) is 10.7. The maximum absolute atomic E-state index is 11.5. The number of hydrogen-bond acceptors (Lipinski definition) is 5. The minimum atomic E-state index is -3.66. The quantitative estimate of drug-likeness (QED) is 0.760. The predicted molar refractivity (Wildman–Crippen MR) is 118 cm³/mol. The van der Waals surface area contributed by atoms with Crippen LogP contribution in [0.1, 0.15) is 30.0 Å². The Morgan fingerprint density at radius 1 is 1.23 bits per heavy atom. The van der Waals surface area contributed by atoms with Crippen LogP contribution in [0.25, 0.3) is 0 Å². The maximum atomic E-state index is 11.5. The molecule has 0 aromatic heterocycles.